The van der Waals surface area contributed by atoms with Crippen molar-refractivity contribution in [3.63, 3.8) is 0 Å². The number of carboxylic acids is 1. The van der Waals surface area contributed by atoms with Gasteiger partial charge in [-0.25, -0.2) is 4.79 Å². The minimum Gasteiger partial charge on any atom is -0.480 e. The van der Waals surface area contributed by atoms with Gasteiger partial charge >= 0.3 is 5.97 Å². The topological polar surface area (TPSA) is 211 Å². The third-order valence-corrected chi connectivity index (χ3v) is 4.60. The third-order valence-electron chi connectivity index (χ3n) is 4.60. The van der Waals surface area contributed by atoms with Crippen LogP contribution in [-0.2, 0) is 25.6 Å². The Bertz CT molecular complexity index is 787. The summed E-state index contributed by atoms with van der Waals surface area (Å²) in [7, 11) is 0. The van der Waals surface area contributed by atoms with Crippen molar-refractivity contribution >= 4 is 23.7 Å². The Hall–Kier alpha value is -3.06. The van der Waals surface area contributed by atoms with E-state index in [1.54, 1.807) is 30.3 Å². The number of aliphatic hydroxyl groups excluding tert-OH is 3. The second-order valence-electron chi connectivity index (χ2n) is 7.33. The number of aliphatic hydroxyl groups is 3. The molecule has 0 saturated heterocycles. The molecule has 12 nitrogen and oxygen atoms in total. The van der Waals surface area contributed by atoms with Crippen LogP contribution in [-0.4, -0.2) is 87.1 Å². The number of rotatable bonds is 12. The highest BCUT2D eigenvalue weighted by Gasteiger charge is 2.33. The van der Waals surface area contributed by atoms with Crippen LogP contribution in [0.2, 0.25) is 0 Å². The first-order chi connectivity index (χ1) is 15.0. The van der Waals surface area contributed by atoms with Crippen LogP contribution in [0.15, 0.2) is 30.3 Å². The number of carbonyl (C=O) groups is 4. The molecule has 178 valence electrons. The zero-order valence-corrected chi connectivity index (χ0v) is 17.8. The molecule has 0 aromatic heterocycles. The molecule has 0 aliphatic heterocycles. The Morgan fingerprint density at radius 2 is 1.44 bits per heavy atom. The Labute approximate surface area is 184 Å². The molecule has 1 aromatic rings. The van der Waals surface area contributed by atoms with E-state index in [0.29, 0.717) is 5.56 Å². The maximum atomic E-state index is 12.8. The Morgan fingerprint density at radius 1 is 0.875 bits per heavy atom. The lowest BCUT2D eigenvalue weighted by Gasteiger charge is -2.26. The van der Waals surface area contributed by atoms with E-state index in [0.717, 1.165) is 0 Å². The van der Waals surface area contributed by atoms with Crippen molar-refractivity contribution in [3.05, 3.63) is 35.9 Å². The summed E-state index contributed by atoms with van der Waals surface area (Å²) in [5.74, 6) is -4.18. The van der Waals surface area contributed by atoms with Crippen LogP contribution in [0, 0.1) is 0 Å². The average molecular weight is 454 g/mol. The molecular weight excluding hydrogens is 424 g/mol. The lowest BCUT2D eigenvalue weighted by molar-refractivity contribution is -0.143. The van der Waals surface area contributed by atoms with Crippen LogP contribution in [0.25, 0.3) is 0 Å². The van der Waals surface area contributed by atoms with Gasteiger partial charge in [0.15, 0.2) is 0 Å². The molecule has 12 heteroatoms. The molecule has 3 amide bonds. The number of carbonyl (C=O) groups excluding carboxylic acids is 3. The highest BCUT2D eigenvalue weighted by molar-refractivity contribution is 5.94. The minimum atomic E-state index is -1.59. The SMILES string of the molecule is CC(O)C(N)C(=O)NC(C(=O)NC(Cc1ccccc1)C(=O)NC(CO)C(=O)O)C(C)O. The van der Waals surface area contributed by atoms with Crippen LogP contribution in [0.3, 0.4) is 0 Å². The summed E-state index contributed by atoms with van der Waals surface area (Å²) < 4.78 is 0. The zero-order valence-electron chi connectivity index (χ0n) is 17.8. The minimum absolute atomic E-state index is 0.0379. The second kappa shape index (κ2) is 12.7. The molecule has 6 atom stereocenters. The van der Waals surface area contributed by atoms with Gasteiger partial charge < -0.3 is 42.1 Å². The molecule has 0 aliphatic rings. The lowest BCUT2D eigenvalue weighted by atomic mass is 10.0. The van der Waals surface area contributed by atoms with E-state index >= 15 is 0 Å². The van der Waals surface area contributed by atoms with Gasteiger partial charge in [0.1, 0.15) is 24.2 Å². The van der Waals surface area contributed by atoms with Crippen molar-refractivity contribution < 1.29 is 39.6 Å². The van der Waals surface area contributed by atoms with E-state index in [9.17, 15) is 29.4 Å². The standard InChI is InChI=1S/C20H30N4O8/c1-10(26)15(21)18(29)24-16(11(2)27)19(30)22-13(8-12-6-4-3-5-7-12)17(28)23-14(9-25)20(31)32/h3-7,10-11,13-16,25-27H,8-9,21H2,1-2H3,(H,22,30)(H,23,28)(H,24,29)(H,31,32). The molecule has 6 unspecified atom stereocenters. The van der Waals surface area contributed by atoms with Crippen LogP contribution in [0.1, 0.15) is 19.4 Å². The molecule has 0 bridgehead atoms. The summed E-state index contributed by atoms with van der Waals surface area (Å²) in [5, 5.41) is 44.4. The van der Waals surface area contributed by atoms with E-state index < -0.39 is 66.7 Å². The predicted octanol–water partition coefficient (Wildman–Crippen LogP) is -3.15. The number of hydrogen-bond acceptors (Lipinski definition) is 8. The Morgan fingerprint density at radius 3 is 1.91 bits per heavy atom. The summed E-state index contributed by atoms with van der Waals surface area (Å²) in [6.07, 6.45) is -2.63. The molecule has 1 aromatic carbocycles. The predicted molar refractivity (Wildman–Crippen MR) is 112 cm³/mol. The Kier molecular flexibility index (Phi) is 10.7. The Balaban J connectivity index is 3.06. The molecule has 0 fully saturated rings. The molecule has 0 spiro atoms. The monoisotopic (exact) mass is 454 g/mol. The van der Waals surface area contributed by atoms with Crippen molar-refractivity contribution in [3.8, 4) is 0 Å². The summed E-state index contributed by atoms with van der Waals surface area (Å²) in [5.41, 5.74) is 6.18. The zero-order chi connectivity index (χ0) is 24.4. The van der Waals surface area contributed by atoms with E-state index in [-0.39, 0.29) is 6.42 Å². The first-order valence-electron chi connectivity index (χ1n) is 9.88. The molecule has 0 saturated carbocycles. The molecule has 9 N–H and O–H groups in total. The van der Waals surface area contributed by atoms with E-state index in [4.69, 9.17) is 15.9 Å². The van der Waals surface area contributed by atoms with Crippen molar-refractivity contribution in [2.75, 3.05) is 6.61 Å². The van der Waals surface area contributed by atoms with Crippen LogP contribution < -0.4 is 21.7 Å². The first-order valence-corrected chi connectivity index (χ1v) is 9.88. The van der Waals surface area contributed by atoms with Gasteiger partial charge in [-0.15, -0.1) is 0 Å². The molecule has 0 heterocycles. The molecular formula is C20H30N4O8. The fourth-order valence-corrected chi connectivity index (χ4v) is 2.65. The highest BCUT2D eigenvalue weighted by atomic mass is 16.4. The largest absolute Gasteiger partial charge is 0.480 e. The fourth-order valence-electron chi connectivity index (χ4n) is 2.65. The molecule has 0 radical (unpaired) electrons. The van der Waals surface area contributed by atoms with E-state index in [1.165, 1.54) is 13.8 Å². The van der Waals surface area contributed by atoms with Crippen molar-refractivity contribution in [1.29, 1.82) is 0 Å². The number of nitrogens with two attached hydrogens (primary N) is 1. The summed E-state index contributed by atoms with van der Waals surface area (Å²) >= 11 is 0. The number of amides is 3. The number of carboxylic acid groups (broad SMARTS) is 1. The first kappa shape index (κ1) is 27.0. The normalized spacial score (nSPS) is 16.6. The van der Waals surface area contributed by atoms with Crippen molar-refractivity contribution in [2.45, 2.75) is 56.6 Å². The maximum absolute atomic E-state index is 12.8. The van der Waals surface area contributed by atoms with Gasteiger partial charge in [-0.3, -0.25) is 14.4 Å². The number of hydrogen-bond donors (Lipinski definition) is 8. The maximum Gasteiger partial charge on any atom is 0.328 e. The molecule has 1 rings (SSSR count). The van der Waals surface area contributed by atoms with Gasteiger partial charge in [0, 0.05) is 6.42 Å². The summed E-state index contributed by atoms with van der Waals surface area (Å²) in [6, 6.07) is 2.78. The van der Waals surface area contributed by atoms with Gasteiger partial charge in [0.05, 0.1) is 18.8 Å². The van der Waals surface area contributed by atoms with Gasteiger partial charge in [0.2, 0.25) is 17.7 Å². The van der Waals surface area contributed by atoms with Gasteiger partial charge in [-0.05, 0) is 19.4 Å². The lowest BCUT2D eigenvalue weighted by Crippen LogP contribution is -2.61. The van der Waals surface area contributed by atoms with Crippen LogP contribution in [0.5, 0.6) is 0 Å². The second-order valence-corrected chi connectivity index (χ2v) is 7.33. The van der Waals surface area contributed by atoms with Gasteiger partial charge in [0.25, 0.3) is 0 Å². The highest BCUT2D eigenvalue weighted by Crippen LogP contribution is 2.06. The van der Waals surface area contributed by atoms with Gasteiger partial charge in [-0.1, -0.05) is 30.3 Å². The summed E-state index contributed by atoms with van der Waals surface area (Å²) in [4.78, 5) is 48.7. The van der Waals surface area contributed by atoms with Crippen LogP contribution in [0.4, 0.5) is 0 Å². The average Bonchev–Trinajstić information content (AvgIpc) is 2.74. The van der Waals surface area contributed by atoms with Gasteiger partial charge in [-0.2, -0.15) is 0 Å². The number of aliphatic carboxylic acids is 1. The van der Waals surface area contributed by atoms with E-state index in [2.05, 4.69) is 16.0 Å². The number of benzene rings is 1. The van der Waals surface area contributed by atoms with Crippen LogP contribution >= 0.6 is 0 Å². The fraction of sp³-hybridized carbons (Fsp3) is 0.500. The van der Waals surface area contributed by atoms with Crippen molar-refractivity contribution in [2.24, 2.45) is 5.73 Å². The molecule has 32 heavy (non-hydrogen) atoms. The van der Waals surface area contributed by atoms with Crippen molar-refractivity contribution in [1.82, 2.24) is 16.0 Å². The quantitative estimate of drug-likeness (QED) is 0.160. The summed E-state index contributed by atoms with van der Waals surface area (Å²) in [6.45, 7) is 1.65. The van der Waals surface area contributed by atoms with E-state index in [1.807, 2.05) is 0 Å². The molecule has 0 aliphatic carbocycles. The number of nitrogens with one attached hydrogen (secondary N) is 3. The third kappa shape index (κ3) is 8.23. The smallest absolute Gasteiger partial charge is 0.328 e.